The molecule has 1 aromatic carbocycles. The highest BCUT2D eigenvalue weighted by Gasteiger charge is 2.15. The molecule has 0 atom stereocenters. The number of nitrogens with zero attached hydrogens (tertiary/aromatic N) is 1. The van der Waals surface area contributed by atoms with Crippen LogP contribution in [-0.2, 0) is 4.79 Å². The lowest BCUT2D eigenvalue weighted by molar-refractivity contribution is -0.133. The zero-order valence-corrected chi connectivity index (χ0v) is 9.89. The second kappa shape index (κ2) is 6.25. The van der Waals surface area contributed by atoms with E-state index < -0.39 is 0 Å². The molecule has 0 spiro atoms. The Labute approximate surface area is 102 Å². The molecule has 1 saturated heterocycles. The lowest BCUT2D eigenvalue weighted by Gasteiger charge is -2.19. The molecule has 1 aliphatic rings. The number of amides is 1. The van der Waals surface area contributed by atoms with Gasteiger partial charge in [-0.25, -0.2) is 0 Å². The van der Waals surface area contributed by atoms with Crippen molar-refractivity contribution in [3.63, 3.8) is 0 Å². The maximum atomic E-state index is 11.9. The van der Waals surface area contributed by atoms with Crippen molar-refractivity contribution < 1.29 is 9.53 Å². The van der Waals surface area contributed by atoms with Crippen molar-refractivity contribution in [1.29, 1.82) is 0 Å². The lowest BCUT2D eigenvalue weighted by Crippen LogP contribution is -2.37. The van der Waals surface area contributed by atoms with Gasteiger partial charge in [0, 0.05) is 19.6 Å². The van der Waals surface area contributed by atoms with Crippen molar-refractivity contribution in [3.05, 3.63) is 30.3 Å². The summed E-state index contributed by atoms with van der Waals surface area (Å²) in [7, 11) is 0. The van der Waals surface area contributed by atoms with Crippen LogP contribution in [0.5, 0.6) is 5.75 Å². The van der Waals surface area contributed by atoms with Gasteiger partial charge in [0.2, 0.25) is 0 Å². The summed E-state index contributed by atoms with van der Waals surface area (Å²) in [6, 6.07) is 9.44. The lowest BCUT2D eigenvalue weighted by atomic mass is 10.3. The molecule has 1 N–H and O–H groups in total. The standard InChI is InChI=1S/C13H18N2O2/c16-13(15-9-4-7-14-8-10-15)11-17-12-5-2-1-3-6-12/h1-3,5-6,14H,4,7-11H2. The number of para-hydroxylation sites is 1. The van der Waals surface area contributed by atoms with Gasteiger partial charge in [0.1, 0.15) is 5.75 Å². The van der Waals surface area contributed by atoms with Gasteiger partial charge in [-0.2, -0.15) is 0 Å². The third-order valence-electron chi connectivity index (χ3n) is 2.80. The Hall–Kier alpha value is -1.55. The fraction of sp³-hybridized carbons (Fsp3) is 0.462. The Morgan fingerprint density at radius 1 is 1.24 bits per heavy atom. The average Bonchev–Trinajstić information content (AvgIpc) is 2.66. The van der Waals surface area contributed by atoms with Crippen LogP contribution in [0.2, 0.25) is 0 Å². The van der Waals surface area contributed by atoms with E-state index >= 15 is 0 Å². The molecule has 2 rings (SSSR count). The molecule has 1 amide bonds. The van der Waals surface area contributed by atoms with Crippen LogP contribution in [0.4, 0.5) is 0 Å². The smallest absolute Gasteiger partial charge is 0.260 e. The Kier molecular flexibility index (Phi) is 4.38. The summed E-state index contributed by atoms with van der Waals surface area (Å²) in [6.45, 7) is 3.59. The van der Waals surface area contributed by atoms with Gasteiger partial charge in [0.15, 0.2) is 6.61 Å². The number of hydrogen-bond acceptors (Lipinski definition) is 3. The predicted molar refractivity (Wildman–Crippen MR) is 66.0 cm³/mol. The highest BCUT2D eigenvalue weighted by atomic mass is 16.5. The van der Waals surface area contributed by atoms with Crippen LogP contribution in [0, 0.1) is 0 Å². The SMILES string of the molecule is O=C(COc1ccccc1)N1CCCNCC1. The summed E-state index contributed by atoms with van der Waals surface area (Å²) in [5, 5.41) is 3.27. The molecule has 1 aromatic rings. The molecule has 0 bridgehead atoms. The quantitative estimate of drug-likeness (QED) is 0.844. The molecular weight excluding hydrogens is 216 g/mol. The Balaban J connectivity index is 1.80. The number of carbonyl (C=O) groups excluding carboxylic acids is 1. The van der Waals surface area contributed by atoms with Gasteiger partial charge in [0.25, 0.3) is 5.91 Å². The molecule has 92 valence electrons. The average molecular weight is 234 g/mol. The second-order valence-corrected chi connectivity index (χ2v) is 4.09. The first kappa shape index (κ1) is 11.9. The van der Waals surface area contributed by atoms with Crippen molar-refractivity contribution in [2.45, 2.75) is 6.42 Å². The summed E-state index contributed by atoms with van der Waals surface area (Å²) in [5.74, 6) is 0.811. The molecule has 1 fully saturated rings. The molecule has 4 nitrogen and oxygen atoms in total. The Bertz CT molecular complexity index is 346. The Morgan fingerprint density at radius 3 is 2.88 bits per heavy atom. The second-order valence-electron chi connectivity index (χ2n) is 4.09. The van der Waals surface area contributed by atoms with E-state index in [1.807, 2.05) is 35.2 Å². The zero-order valence-electron chi connectivity index (χ0n) is 9.89. The van der Waals surface area contributed by atoms with Crippen LogP contribution in [0.3, 0.4) is 0 Å². The van der Waals surface area contributed by atoms with Crippen LogP contribution in [0.1, 0.15) is 6.42 Å². The molecular formula is C13H18N2O2. The van der Waals surface area contributed by atoms with Crippen LogP contribution in [0.25, 0.3) is 0 Å². The number of benzene rings is 1. The van der Waals surface area contributed by atoms with Gasteiger partial charge in [-0.3, -0.25) is 4.79 Å². The molecule has 0 aliphatic carbocycles. The predicted octanol–water partition coefficient (Wildman–Crippen LogP) is 0.887. The largest absolute Gasteiger partial charge is 0.484 e. The molecule has 0 unspecified atom stereocenters. The van der Waals surface area contributed by atoms with E-state index in [0.29, 0.717) is 0 Å². The normalized spacial score (nSPS) is 16.4. The van der Waals surface area contributed by atoms with Gasteiger partial charge < -0.3 is 15.0 Å². The summed E-state index contributed by atoms with van der Waals surface area (Å²) < 4.78 is 5.45. The first-order valence-electron chi connectivity index (χ1n) is 6.02. The van der Waals surface area contributed by atoms with Gasteiger partial charge in [0.05, 0.1) is 0 Å². The summed E-state index contributed by atoms with van der Waals surface area (Å²) in [6.07, 6.45) is 1.01. The van der Waals surface area contributed by atoms with Crippen molar-refractivity contribution >= 4 is 5.91 Å². The summed E-state index contributed by atoms with van der Waals surface area (Å²) in [5.41, 5.74) is 0. The van der Waals surface area contributed by atoms with E-state index in [1.165, 1.54) is 0 Å². The van der Waals surface area contributed by atoms with E-state index in [0.717, 1.165) is 38.3 Å². The molecule has 0 aromatic heterocycles. The van der Waals surface area contributed by atoms with Gasteiger partial charge >= 0.3 is 0 Å². The van der Waals surface area contributed by atoms with Crippen LogP contribution < -0.4 is 10.1 Å². The monoisotopic (exact) mass is 234 g/mol. The number of nitrogens with one attached hydrogen (secondary N) is 1. The van der Waals surface area contributed by atoms with Crippen molar-refractivity contribution in [1.82, 2.24) is 10.2 Å². The molecule has 0 radical (unpaired) electrons. The first-order valence-corrected chi connectivity index (χ1v) is 6.02. The number of rotatable bonds is 3. The summed E-state index contributed by atoms with van der Waals surface area (Å²) >= 11 is 0. The van der Waals surface area contributed by atoms with E-state index in [9.17, 15) is 4.79 Å². The molecule has 1 aliphatic heterocycles. The fourth-order valence-electron chi connectivity index (χ4n) is 1.85. The van der Waals surface area contributed by atoms with Gasteiger partial charge in [-0.1, -0.05) is 18.2 Å². The maximum absolute atomic E-state index is 11.9. The minimum atomic E-state index is 0.0672. The molecule has 17 heavy (non-hydrogen) atoms. The number of carbonyl (C=O) groups is 1. The van der Waals surface area contributed by atoms with Crippen LogP contribution >= 0.6 is 0 Å². The first-order chi connectivity index (χ1) is 8.36. The third-order valence-corrected chi connectivity index (χ3v) is 2.80. The minimum Gasteiger partial charge on any atom is -0.484 e. The van der Waals surface area contributed by atoms with E-state index in [1.54, 1.807) is 0 Å². The minimum absolute atomic E-state index is 0.0672. The maximum Gasteiger partial charge on any atom is 0.260 e. The zero-order chi connectivity index (χ0) is 11.9. The van der Waals surface area contributed by atoms with Crippen molar-refractivity contribution in [3.8, 4) is 5.75 Å². The molecule has 0 saturated carbocycles. The highest BCUT2D eigenvalue weighted by Crippen LogP contribution is 2.08. The van der Waals surface area contributed by atoms with Gasteiger partial charge in [-0.05, 0) is 25.1 Å². The topological polar surface area (TPSA) is 41.6 Å². The summed E-state index contributed by atoms with van der Waals surface area (Å²) in [4.78, 5) is 13.8. The number of ether oxygens (including phenoxy) is 1. The van der Waals surface area contributed by atoms with Crippen LogP contribution in [-0.4, -0.2) is 43.6 Å². The highest BCUT2D eigenvalue weighted by molar-refractivity contribution is 5.77. The van der Waals surface area contributed by atoms with Crippen LogP contribution in [0.15, 0.2) is 30.3 Å². The van der Waals surface area contributed by atoms with Crippen molar-refractivity contribution in [2.24, 2.45) is 0 Å². The van der Waals surface area contributed by atoms with E-state index in [-0.39, 0.29) is 12.5 Å². The third kappa shape index (κ3) is 3.75. The van der Waals surface area contributed by atoms with Gasteiger partial charge in [-0.15, -0.1) is 0 Å². The van der Waals surface area contributed by atoms with E-state index in [4.69, 9.17) is 4.74 Å². The van der Waals surface area contributed by atoms with E-state index in [2.05, 4.69) is 5.32 Å². The Morgan fingerprint density at radius 2 is 2.06 bits per heavy atom. The number of hydrogen-bond donors (Lipinski definition) is 1. The molecule has 1 heterocycles. The van der Waals surface area contributed by atoms with Crippen molar-refractivity contribution in [2.75, 3.05) is 32.8 Å². The fourth-order valence-corrected chi connectivity index (χ4v) is 1.85. The molecule has 4 heteroatoms.